The van der Waals surface area contributed by atoms with Gasteiger partial charge in [0.15, 0.2) is 0 Å². The molecule has 27 heavy (non-hydrogen) atoms. The minimum absolute atomic E-state index is 0.0625. The van der Waals surface area contributed by atoms with Gasteiger partial charge in [0.2, 0.25) is 0 Å². The summed E-state index contributed by atoms with van der Waals surface area (Å²) in [4.78, 5) is 0. The molecule has 0 unspecified atom stereocenters. The van der Waals surface area contributed by atoms with E-state index in [-0.39, 0.29) is 6.61 Å². The minimum Gasteiger partial charge on any atom is -0.392 e. The summed E-state index contributed by atoms with van der Waals surface area (Å²) in [7, 11) is 0. The van der Waals surface area contributed by atoms with E-state index >= 15 is 0 Å². The highest BCUT2D eigenvalue weighted by molar-refractivity contribution is 5.47. The van der Waals surface area contributed by atoms with Crippen LogP contribution in [0.4, 0.5) is 0 Å². The number of benzene rings is 3. The molecule has 2 nitrogen and oxygen atoms in total. The van der Waals surface area contributed by atoms with Crippen LogP contribution in [0.25, 0.3) is 0 Å². The van der Waals surface area contributed by atoms with E-state index in [0.717, 1.165) is 28.7 Å². The van der Waals surface area contributed by atoms with E-state index in [0.29, 0.717) is 6.61 Å². The summed E-state index contributed by atoms with van der Waals surface area (Å²) in [5.41, 5.74) is 3.76. The molecule has 0 aliphatic heterocycles. The lowest BCUT2D eigenvalue weighted by atomic mass is 9.80. The molecule has 0 amide bonds. The molecule has 0 saturated heterocycles. The Balaban J connectivity index is 2.10. The normalized spacial score (nSPS) is 12.1. The molecule has 0 heterocycles. The van der Waals surface area contributed by atoms with Crippen molar-refractivity contribution < 1.29 is 9.84 Å². The number of ether oxygens (including phenoxy) is 1. The first kappa shape index (κ1) is 19.1. The Kier molecular flexibility index (Phi) is 6.59. The van der Waals surface area contributed by atoms with E-state index in [4.69, 9.17) is 9.84 Å². The minimum atomic E-state index is -0.677. The Morgan fingerprint density at radius 2 is 1.19 bits per heavy atom. The average molecular weight is 358 g/mol. The van der Waals surface area contributed by atoms with E-state index in [2.05, 4.69) is 72.8 Å². The number of aliphatic hydroxyl groups is 1. The van der Waals surface area contributed by atoms with E-state index in [1.807, 2.05) is 31.2 Å². The van der Waals surface area contributed by atoms with Crippen LogP contribution in [-0.4, -0.2) is 18.3 Å². The van der Waals surface area contributed by atoms with Crippen LogP contribution in [0.1, 0.15) is 30.0 Å². The average Bonchev–Trinajstić information content (AvgIpc) is 2.73. The number of aliphatic hydroxyl groups excluding tert-OH is 1. The lowest BCUT2D eigenvalue weighted by Crippen LogP contribution is -2.33. The number of hydrogen-bond acceptors (Lipinski definition) is 2. The van der Waals surface area contributed by atoms with Crippen LogP contribution in [0.15, 0.2) is 103 Å². The lowest BCUT2D eigenvalue weighted by molar-refractivity contribution is 0.0147. The maximum atomic E-state index is 9.11. The predicted octanol–water partition coefficient (Wildman–Crippen LogP) is 5.32. The first-order chi connectivity index (χ1) is 13.3. The van der Waals surface area contributed by atoms with Gasteiger partial charge in [0, 0.05) is 0 Å². The van der Waals surface area contributed by atoms with Gasteiger partial charge in [-0.05, 0) is 30.0 Å². The van der Waals surface area contributed by atoms with Crippen molar-refractivity contribution in [2.45, 2.75) is 18.9 Å². The standard InChI is InChI=1S/C25H26O2/c1-21(17-19-26)18-20-27-25(22-11-5-2-6-12-22,23-13-7-3-8-14-23)24-15-9-4-10-16-24/h2-17,26H,18-20H2,1H3/b21-17-. The largest absolute Gasteiger partial charge is 0.392 e. The van der Waals surface area contributed by atoms with Crippen LogP contribution in [-0.2, 0) is 10.3 Å². The third-order valence-corrected chi connectivity index (χ3v) is 4.80. The van der Waals surface area contributed by atoms with Crippen LogP contribution in [0.3, 0.4) is 0 Å². The number of rotatable bonds is 8. The van der Waals surface area contributed by atoms with Crippen LogP contribution < -0.4 is 0 Å². The van der Waals surface area contributed by atoms with Gasteiger partial charge in [-0.2, -0.15) is 0 Å². The fraction of sp³-hybridized carbons (Fsp3) is 0.200. The fourth-order valence-corrected chi connectivity index (χ4v) is 3.39. The van der Waals surface area contributed by atoms with Crippen molar-refractivity contribution in [3.8, 4) is 0 Å². The second-order valence-electron chi connectivity index (χ2n) is 6.61. The van der Waals surface area contributed by atoms with Crippen molar-refractivity contribution in [1.29, 1.82) is 0 Å². The zero-order valence-corrected chi connectivity index (χ0v) is 15.7. The third kappa shape index (κ3) is 4.36. The third-order valence-electron chi connectivity index (χ3n) is 4.80. The van der Waals surface area contributed by atoms with Gasteiger partial charge in [-0.15, -0.1) is 0 Å². The van der Waals surface area contributed by atoms with Gasteiger partial charge in [-0.1, -0.05) is 103 Å². The summed E-state index contributed by atoms with van der Waals surface area (Å²) < 4.78 is 6.68. The molecule has 0 aliphatic carbocycles. The van der Waals surface area contributed by atoms with Crippen molar-refractivity contribution in [3.63, 3.8) is 0 Å². The molecule has 0 bridgehead atoms. The summed E-state index contributed by atoms with van der Waals surface area (Å²) in [6, 6.07) is 31.1. The highest BCUT2D eigenvalue weighted by Gasteiger charge is 2.37. The fourth-order valence-electron chi connectivity index (χ4n) is 3.39. The van der Waals surface area contributed by atoms with Gasteiger partial charge in [-0.25, -0.2) is 0 Å². The highest BCUT2D eigenvalue weighted by atomic mass is 16.5. The van der Waals surface area contributed by atoms with Crippen LogP contribution in [0.2, 0.25) is 0 Å². The molecule has 2 heteroatoms. The molecule has 0 radical (unpaired) electrons. The van der Waals surface area contributed by atoms with Crippen molar-refractivity contribution in [3.05, 3.63) is 119 Å². The van der Waals surface area contributed by atoms with E-state index in [1.54, 1.807) is 0 Å². The molecule has 138 valence electrons. The zero-order valence-electron chi connectivity index (χ0n) is 15.7. The molecule has 3 rings (SSSR count). The summed E-state index contributed by atoms with van der Waals surface area (Å²) in [6.07, 6.45) is 2.60. The molecule has 3 aromatic carbocycles. The number of hydrogen-bond donors (Lipinski definition) is 1. The van der Waals surface area contributed by atoms with Gasteiger partial charge in [-0.3, -0.25) is 0 Å². The molecular weight excluding hydrogens is 332 g/mol. The van der Waals surface area contributed by atoms with Crippen molar-refractivity contribution in [2.24, 2.45) is 0 Å². The summed E-state index contributed by atoms with van der Waals surface area (Å²) in [6.45, 7) is 2.64. The Labute approximate surface area is 161 Å². The van der Waals surface area contributed by atoms with Gasteiger partial charge in [0.1, 0.15) is 5.60 Å². The van der Waals surface area contributed by atoms with Crippen LogP contribution >= 0.6 is 0 Å². The predicted molar refractivity (Wildman–Crippen MR) is 111 cm³/mol. The molecule has 0 aliphatic rings. The van der Waals surface area contributed by atoms with E-state index in [9.17, 15) is 0 Å². The van der Waals surface area contributed by atoms with Crippen LogP contribution in [0, 0.1) is 0 Å². The molecule has 3 aromatic rings. The van der Waals surface area contributed by atoms with Gasteiger partial charge < -0.3 is 9.84 Å². The van der Waals surface area contributed by atoms with Gasteiger partial charge >= 0.3 is 0 Å². The first-order valence-electron chi connectivity index (χ1n) is 9.34. The van der Waals surface area contributed by atoms with Crippen LogP contribution in [0.5, 0.6) is 0 Å². The second kappa shape index (κ2) is 9.31. The van der Waals surface area contributed by atoms with Crippen molar-refractivity contribution >= 4 is 0 Å². The van der Waals surface area contributed by atoms with E-state index in [1.165, 1.54) is 0 Å². The maximum Gasteiger partial charge on any atom is 0.143 e. The Morgan fingerprint density at radius 3 is 1.56 bits per heavy atom. The molecular formula is C25H26O2. The zero-order chi connectivity index (χ0) is 19.0. The first-order valence-corrected chi connectivity index (χ1v) is 9.34. The summed E-state index contributed by atoms with van der Waals surface area (Å²) in [5.74, 6) is 0. The van der Waals surface area contributed by atoms with Gasteiger partial charge in [0.05, 0.1) is 13.2 Å². The Morgan fingerprint density at radius 1 is 0.778 bits per heavy atom. The quantitative estimate of drug-likeness (QED) is 0.436. The Bertz CT molecular complexity index is 743. The van der Waals surface area contributed by atoms with Gasteiger partial charge in [0.25, 0.3) is 0 Å². The lowest BCUT2D eigenvalue weighted by Gasteiger charge is -2.36. The molecule has 1 N–H and O–H groups in total. The topological polar surface area (TPSA) is 29.5 Å². The molecule has 0 atom stereocenters. The van der Waals surface area contributed by atoms with Crippen molar-refractivity contribution in [2.75, 3.05) is 13.2 Å². The monoisotopic (exact) mass is 358 g/mol. The smallest absolute Gasteiger partial charge is 0.143 e. The highest BCUT2D eigenvalue weighted by Crippen LogP contribution is 2.40. The molecule has 0 aromatic heterocycles. The summed E-state index contributed by atoms with van der Waals surface area (Å²) >= 11 is 0. The molecule has 0 fully saturated rings. The van der Waals surface area contributed by atoms with E-state index < -0.39 is 5.60 Å². The van der Waals surface area contributed by atoms with Crippen molar-refractivity contribution in [1.82, 2.24) is 0 Å². The SMILES string of the molecule is C/C(=C/CO)CCOC(c1ccccc1)(c1ccccc1)c1ccccc1. The molecule has 0 saturated carbocycles. The molecule has 0 spiro atoms. The second-order valence-corrected chi connectivity index (χ2v) is 6.61. The maximum absolute atomic E-state index is 9.11. The Hall–Kier alpha value is -2.68. The summed E-state index contributed by atoms with van der Waals surface area (Å²) in [5, 5.41) is 9.11.